The number of pyridine rings is 1. The number of carbonyl (C=O) groups is 2. The number of alkyl halides is 4. The SMILES string of the molecule is Cc1cccnc1C(=O)CCC(=O)c1cccc(OC(F)(F)C(F)F)c1. The molecule has 1 aromatic heterocycles. The van der Waals surface area contributed by atoms with Crippen LogP contribution < -0.4 is 4.74 Å². The minimum atomic E-state index is -4.66. The highest BCUT2D eigenvalue weighted by Crippen LogP contribution is 2.28. The number of ketones is 2. The monoisotopic (exact) mass is 369 g/mol. The molecule has 4 nitrogen and oxygen atoms in total. The van der Waals surface area contributed by atoms with Crippen LogP contribution in [0.25, 0.3) is 0 Å². The minimum Gasteiger partial charge on any atom is -0.428 e. The zero-order valence-electron chi connectivity index (χ0n) is 13.7. The van der Waals surface area contributed by atoms with Crippen LogP contribution in [-0.2, 0) is 0 Å². The van der Waals surface area contributed by atoms with Gasteiger partial charge in [0.15, 0.2) is 11.6 Å². The molecule has 0 aliphatic heterocycles. The molecule has 0 spiro atoms. The normalized spacial score (nSPS) is 11.5. The highest BCUT2D eigenvalue weighted by Gasteiger charge is 2.44. The summed E-state index contributed by atoms with van der Waals surface area (Å²) in [6.45, 7) is 1.71. The Morgan fingerprint density at radius 1 is 1.12 bits per heavy atom. The molecule has 0 radical (unpaired) electrons. The van der Waals surface area contributed by atoms with Gasteiger partial charge in [-0.1, -0.05) is 18.2 Å². The zero-order valence-corrected chi connectivity index (χ0v) is 13.7. The molecule has 0 atom stereocenters. The second-order valence-corrected chi connectivity index (χ2v) is 5.51. The van der Waals surface area contributed by atoms with Gasteiger partial charge in [0.05, 0.1) is 0 Å². The number of Topliss-reactive ketones (excluding diaryl/α,β-unsaturated/α-hetero) is 2. The molecule has 0 bridgehead atoms. The van der Waals surface area contributed by atoms with Gasteiger partial charge in [0.2, 0.25) is 0 Å². The molecular weight excluding hydrogens is 354 g/mol. The zero-order chi connectivity index (χ0) is 19.3. The van der Waals surface area contributed by atoms with Gasteiger partial charge in [-0.25, -0.2) is 0 Å². The van der Waals surface area contributed by atoms with E-state index in [0.29, 0.717) is 5.56 Å². The number of aromatic nitrogens is 1. The van der Waals surface area contributed by atoms with Gasteiger partial charge in [-0.2, -0.15) is 17.6 Å². The minimum absolute atomic E-state index is 0.0156. The lowest BCUT2D eigenvalue weighted by Crippen LogP contribution is -2.33. The summed E-state index contributed by atoms with van der Waals surface area (Å²) in [4.78, 5) is 28.2. The summed E-state index contributed by atoms with van der Waals surface area (Å²) >= 11 is 0. The quantitative estimate of drug-likeness (QED) is 0.509. The van der Waals surface area contributed by atoms with Crippen LogP contribution in [0.3, 0.4) is 0 Å². The van der Waals surface area contributed by atoms with Crippen LogP contribution in [0.1, 0.15) is 39.3 Å². The maximum absolute atomic E-state index is 12.9. The van der Waals surface area contributed by atoms with E-state index in [4.69, 9.17) is 0 Å². The topological polar surface area (TPSA) is 56.3 Å². The Bertz CT molecular complexity index is 809. The third-order valence-corrected chi connectivity index (χ3v) is 3.52. The summed E-state index contributed by atoms with van der Waals surface area (Å²) in [6.07, 6.45) is -7.49. The molecule has 2 aromatic rings. The molecule has 0 fully saturated rings. The van der Waals surface area contributed by atoms with Gasteiger partial charge in [-0.3, -0.25) is 14.6 Å². The van der Waals surface area contributed by atoms with Crippen molar-refractivity contribution in [2.24, 2.45) is 0 Å². The third-order valence-electron chi connectivity index (χ3n) is 3.52. The fraction of sp³-hybridized carbons (Fsp3) is 0.278. The van der Waals surface area contributed by atoms with E-state index in [1.807, 2.05) is 0 Å². The van der Waals surface area contributed by atoms with E-state index in [0.717, 1.165) is 12.1 Å². The number of nitrogens with zero attached hydrogens (tertiary/aromatic N) is 1. The van der Waals surface area contributed by atoms with Gasteiger partial charge < -0.3 is 4.74 Å². The number of benzene rings is 1. The first-order chi connectivity index (χ1) is 12.2. The summed E-state index contributed by atoms with van der Waals surface area (Å²) in [5.41, 5.74) is 0.918. The molecule has 138 valence electrons. The van der Waals surface area contributed by atoms with E-state index < -0.39 is 24.1 Å². The van der Waals surface area contributed by atoms with Crippen LogP contribution in [0.5, 0.6) is 5.75 Å². The molecule has 2 rings (SSSR count). The lowest BCUT2D eigenvalue weighted by Gasteiger charge is -2.17. The summed E-state index contributed by atoms with van der Waals surface area (Å²) in [6, 6.07) is 7.93. The van der Waals surface area contributed by atoms with Crippen LogP contribution >= 0.6 is 0 Å². The lowest BCUT2D eigenvalue weighted by atomic mass is 10.0. The Labute approximate surface area is 146 Å². The van der Waals surface area contributed by atoms with Crippen LogP contribution in [0.2, 0.25) is 0 Å². The van der Waals surface area contributed by atoms with Crippen molar-refractivity contribution in [1.29, 1.82) is 0 Å². The average Bonchev–Trinajstić information content (AvgIpc) is 2.59. The molecule has 1 heterocycles. The molecule has 0 saturated carbocycles. The Morgan fingerprint density at radius 3 is 2.46 bits per heavy atom. The van der Waals surface area contributed by atoms with Gasteiger partial charge in [0.1, 0.15) is 11.4 Å². The molecule has 8 heteroatoms. The van der Waals surface area contributed by atoms with Gasteiger partial charge in [0.25, 0.3) is 0 Å². The Morgan fingerprint density at radius 2 is 1.81 bits per heavy atom. The molecular formula is C18H15F4NO3. The first-order valence-electron chi connectivity index (χ1n) is 7.64. The third kappa shape index (κ3) is 4.87. The van der Waals surface area contributed by atoms with Crippen molar-refractivity contribution in [3.63, 3.8) is 0 Å². The van der Waals surface area contributed by atoms with Crippen LogP contribution in [-0.4, -0.2) is 29.1 Å². The Hall–Kier alpha value is -2.77. The summed E-state index contributed by atoms with van der Waals surface area (Å²) in [7, 11) is 0. The smallest absolute Gasteiger partial charge is 0.428 e. The first kappa shape index (κ1) is 19.6. The van der Waals surface area contributed by atoms with Gasteiger partial charge in [-0.15, -0.1) is 0 Å². The second-order valence-electron chi connectivity index (χ2n) is 5.51. The maximum Gasteiger partial charge on any atom is 0.461 e. The molecule has 26 heavy (non-hydrogen) atoms. The highest BCUT2D eigenvalue weighted by atomic mass is 19.3. The van der Waals surface area contributed by atoms with Crippen molar-refractivity contribution >= 4 is 11.6 Å². The maximum atomic E-state index is 12.9. The van der Waals surface area contributed by atoms with Crippen molar-refractivity contribution in [3.05, 3.63) is 59.4 Å². The van der Waals surface area contributed by atoms with Crippen molar-refractivity contribution in [2.45, 2.75) is 32.3 Å². The van der Waals surface area contributed by atoms with Crippen molar-refractivity contribution < 1.29 is 31.9 Å². The molecule has 0 amide bonds. The molecule has 0 saturated heterocycles. The van der Waals surface area contributed by atoms with Gasteiger partial charge in [0, 0.05) is 24.6 Å². The molecule has 1 aromatic carbocycles. The molecule has 0 aliphatic carbocycles. The number of carbonyl (C=O) groups excluding carboxylic acids is 2. The number of ether oxygens (including phenoxy) is 1. The van der Waals surface area contributed by atoms with Crippen LogP contribution in [0.4, 0.5) is 17.6 Å². The van der Waals surface area contributed by atoms with Crippen molar-refractivity contribution in [3.8, 4) is 5.75 Å². The van der Waals surface area contributed by atoms with Gasteiger partial charge >= 0.3 is 12.5 Å². The van der Waals surface area contributed by atoms with E-state index in [1.165, 1.54) is 18.3 Å². The van der Waals surface area contributed by atoms with E-state index in [-0.39, 0.29) is 29.9 Å². The van der Waals surface area contributed by atoms with Gasteiger partial charge in [-0.05, 0) is 30.7 Å². The van der Waals surface area contributed by atoms with E-state index >= 15 is 0 Å². The second kappa shape index (κ2) is 8.07. The molecule has 0 unspecified atom stereocenters. The van der Waals surface area contributed by atoms with Crippen LogP contribution in [0.15, 0.2) is 42.6 Å². The molecule has 0 aliphatic rings. The predicted octanol–water partition coefficient (Wildman–Crippen LogP) is 4.47. The predicted molar refractivity (Wildman–Crippen MR) is 84.9 cm³/mol. The highest BCUT2D eigenvalue weighted by molar-refractivity contribution is 6.02. The number of hydrogen-bond donors (Lipinski definition) is 0. The van der Waals surface area contributed by atoms with Crippen molar-refractivity contribution in [2.75, 3.05) is 0 Å². The Kier molecular flexibility index (Phi) is 6.07. The first-order valence-corrected chi connectivity index (χ1v) is 7.64. The van der Waals surface area contributed by atoms with E-state index in [9.17, 15) is 27.2 Å². The number of halogens is 4. The summed E-state index contributed by atoms with van der Waals surface area (Å²) in [5.74, 6) is -1.39. The fourth-order valence-electron chi connectivity index (χ4n) is 2.20. The van der Waals surface area contributed by atoms with Crippen LogP contribution in [0, 0.1) is 6.92 Å². The Balaban J connectivity index is 2.03. The summed E-state index contributed by atoms with van der Waals surface area (Å²) < 4.78 is 54.2. The number of rotatable bonds is 8. The van der Waals surface area contributed by atoms with E-state index in [2.05, 4.69) is 9.72 Å². The molecule has 0 N–H and O–H groups in total. The van der Waals surface area contributed by atoms with Crippen molar-refractivity contribution in [1.82, 2.24) is 4.98 Å². The van der Waals surface area contributed by atoms with E-state index in [1.54, 1.807) is 19.1 Å². The average molecular weight is 369 g/mol. The lowest BCUT2D eigenvalue weighted by molar-refractivity contribution is -0.253. The largest absolute Gasteiger partial charge is 0.461 e. The number of aryl methyl sites for hydroxylation is 1. The fourth-order valence-corrected chi connectivity index (χ4v) is 2.20. The standard InChI is InChI=1S/C18H15F4NO3/c1-11-4-3-9-23-16(11)15(25)8-7-14(24)12-5-2-6-13(10-12)26-18(21,22)17(19)20/h2-6,9-10,17H,7-8H2,1H3. The summed E-state index contributed by atoms with van der Waals surface area (Å²) in [5, 5.41) is 0. The number of hydrogen-bond acceptors (Lipinski definition) is 4.